The average molecular weight is 251 g/mol. The fraction of sp³-hybridized carbons (Fsp3) is 0.556. The Morgan fingerprint density at radius 3 is 2.47 bits per heavy atom. The number of rotatable bonds is 5. The zero-order valence-corrected chi connectivity index (χ0v) is 10.0. The van der Waals surface area contributed by atoms with Crippen molar-refractivity contribution in [2.75, 3.05) is 13.2 Å². The summed E-state index contributed by atoms with van der Waals surface area (Å²) in [5.74, 6) is 0. The van der Waals surface area contributed by atoms with Gasteiger partial charge in [-0.05, 0) is 13.8 Å². The molecule has 0 bridgehead atoms. The standard InChI is InChI=1S/C9H12Cl2N2O2/c1-3-14-6(2)5-15-9-12-7(10)4-8(11)13-9/h4,6H,3,5H2,1-2H3. The Bertz CT molecular complexity index is 303. The maximum absolute atomic E-state index is 5.68. The summed E-state index contributed by atoms with van der Waals surface area (Å²) in [5, 5.41) is 0.517. The van der Waals surface area contributed by atoms with E-state index in [1.54, 1.807) is 0 Å². The van der Waals surface area contributed by atoms with Crippen LogP contribution in [0.2, 0.25) is 10.3 Å². The number of hydrogen-bond acceptors (Lipinski definition) is 4. The Morgan fingerprint density at radius 2 is 1.93 bits per heavy atom. The lowest BCUT2D eigenvalue weighted by molar-refractivity contribution is 0.0375. The zero-order valence-electron chi connectivity index (χ0n) is 8.54. The maximum atomic E-state index is 5.68. The summed E-state index contributed by atoms with van der Waals surface area (Å²) >= 11 is 11.4. The molecule has 1 aromatic rings. The van der Waals surface area contributed by atoms with E-state index >= 15 is 0 Å². The van der Waals surface area contributed by atoms with E-state index in [0.717, 1.165) is 0 Å². The number of hydrogen-bond donors (Lipinski definition) is 0. The van der Waals surface area contributed by atoms with E-state index in [-0.39, 0.29) is 22.4 Å². The maximum Gasteiger partial charge on any atom is 0.319 e. The largest absolute Gasteiger partial charge is 0.461 e. The van der Waals surface area contributed by atoms with Crippen LogP contribution in [0.5, 0.6) is 6.01 Å². The summed E-state index contributed by atoms with van der Waals surface area (Å²) in [5.41, 5.74) is 0. The third kappa shape index (κ3) is 4.64. The van der Waals surface area contributed by atoms with Gasteiger partial charge in [-0.3, -0.25) is 0 Å². The minimum absolute atomic E-state index is 0.0173. The molecule has 15 heavy (non-hydrogen) atoms. The van der Waals surface area contributed by atoms with Crippen LogP contribution in [0.25, 0.3) is 0 Å². The first-order valence-corrected chi connectivity index (χ1v) is 5.32. The smallest absolute Gasteiger partial charge is 0.319 e. The zero-order chi connectivity index (χ0) is 11.3. The van der Waals surface area contributed by atoms with Crippen molar-refractivity contribution in [3.05, 3.63) is 16.4 Å². The van der Waals surface area contributed by atoms with Gasteiger partial charge in [0, 0.05) is 12.7 Å². The molecule has 0 radical (unpaired) electrons. The van der Waals surface area contributed by atoms with Gasteiger partial charge < -0.3 is 9.47 Å². The van der Waals surface area contributed by atoms with Gasteiger partial charge in [0.05, 0.1) is 6.10 Å². The fourth-order valence-electron chi connectivity index (χ4n) is 0.960. The summed E-state index contributed by atoms with van der Waals surface area (Å²) in [4.78, 5) is 7.72. The fourth-order valence-corrected chi connectivity index (χ4v) is 1.37. The highest BCUT2D eigenvalue weighted by Crippen LogP contribution is 2.15. The second-order valence-electron chi connectivity index (χ2n) is 2.87. The molecule has 1 rings (SSSR count). The van der Waals surface area contributed by atoms with E-state index < -0.39 is 0 Å². The molecule has 6 heteroatoms. The molecule has 0 N–H and O–H groups in total. The van der Waals surface area contributed by atoms with Crippen molar-refractivity contribution in [3.8, 4) is 6.01 Å². The summed E-state index contributed by atoms with van der Waals surface area (Å²) in [6, 6.07) is 1.61. The van der Waals surface area contributed by atoms with Gasteiger partial charge in [-0.25, -0.2) is 0 Å². The normalized spacial score (nSPS) is 12.5. The van der Waals surface area contributed by atoms with Crippen molar-refractivity contribution in [1.82, 2.24) is 9.97 Å². The van der Waals surface area contributed by atoms with Crippen LogP contribution in [0.3, 0.4) is 0 Å². The molecule has 1 atom stereocenters. The molecule has 0 fully saturated rings. The van der Waals surface area contributed by atoms with Crippen LogP contribution in [-0.2, 0) is 4.74 Å². The van der Waals surface area contributed by atoms with Crippen LogP contribution >= 0.6 is 23.2 Å². The van der Waals surface area contributed by atoms with Gasteiger partial charge >= 0.3 is 6.01 Å². The molecule has 1 unspecified atom stereocenters. The highest BCUT2D eigenvalue weighted by Gasteiger charge is 2.06. The number of ether oxygens (including phenoxy) is 2. The van der Waals surface area contributed by atoms with Crippen molar-refractivity contribution in [1.29, 1.82) is 0 Å². The van der Waals surface area contributed by atoms with Gasteiger partial charge in [0.1, 0.15) is 16.9 Å². The molecule has 0 spiro atoms. The van der Waals surface area contributed by atoms with Crippen molar-refractivity contribution in [3.63, 3.8) is 0 Å². The Balaban J connectivity index is 2.50. The van der Waals surface area contributed by atoms with Crippen molar-refractivity contribution in [2.24, 2.45) is 0 Å². The van der Waals surface area contributed by atoms with E-state index in [4.69, 9.17) is 32.7 Å². The minimum atomic E-state index is -0.0173. The van der Waals surface area contributed by atoms with Gasteiger partial charge in [-0.15, -0.1) is 0 Å². The molecular weight excluding hydrogens is 239 g/mol. The first kappa shape index (κ1) is 12.5. The third-order valence-electron chi connectivity index (χ3n) is 1.54. The molecule has 0 aromatic carbocycles. The average Bonchev–Trinajstić information content (AvgIpc) is 2.14. The topological polar surface area (TPSA) is 44.2 Å². The molecule has 4 nitrogen and oxygen atoms in total. The molecule has 0 aliphatic rings. The summed E-state index contributed by atoms with van der Waals surface area (Å²) < 4.78 is 10.5. The van der Waals surface area contributed by atoms with Gasteiger partial charge in [-0.1, -0.05) is 23.2 Å². The quantitative estimate of drug-likeness (QED) is 0.754. The Hall–Kier alpha value is -0.580. The van der Waals surface area contributed by atoms with E-state index in [0.29, 0.717) is 13.2 Å². The number of halogens is 2. The van der Waals surface area contributed by atoms with Crippen LogP contribution < -0.4 is 4.74 Å². The SMILES string of the molecule is CCOC(C)COc1nc(Cl)cc(Cl)n1. The summed E-state index contributed by atoms with van der Waals surface area (Å²) in [6.07, 6.45) is -0.0173. The van der Waals surface area contributed by atoms with Crippen molar-refractivity contribution >= 4 is 23.2 Å². The predicted octanol–water partition coefficient (Wildman–Crippen LogP) is 2.59. The molecule has 0 aliphatic carbocycles. The molecule has 1 heterocycles. The van der Waals surface area contributed by atoms with Crippen molar-refractivity contribution in [2.45, 2.75) is 20.0 Å². The van der Waals surface area contributed by atoms with Gasteiger partial charge in [0.15, 0.2) is 0 Å². The van der Waals surface area contributed by atoms with Crippen LogP contribution in [-0.4, -0.2) is 29.3 Å². The Morgan fingerprint density at radius 1 is 1.33 bits per heavy atom. The Kier molecular flexibility index (Phi) is 5.08. The molecule has 0 saturated carbocycles. The first-order valence-electron chi connectivity index (χ1n) is 4.56. The Labute approximate surface area is 98.5 Å². The molecular formula is C9H12Cl2N2O2. The predicted molar refractivity (Wildman–Crippen MR) is 58.6 cm³/mol. The van der Waals surface area contributed by atoms with E-state index in [9.17, 15) is 0 Å². The van der Waals surface area contributed by atoms with Crippen LogP contribution in [0.15, 0.2) is 6.07 Å². The second kappa shape index (κ2) is 6.10. The van der Waals surface area contributed by atoms with Gasteiger partial charge in [0.25, 0.3) is 0 Å². The lowest BCUT2D eigenvalue weighted by atomic mass is 10.4. The number of aromatic nitrogens is 2. The molecule has 1 aromatic heterocycles. The highest BCUT2D eigenvalue weighted by atomic mass is 35.5. The monoisotopic (exact) mass is 250 g/mol. The lowest BCUT2D eigenvalue weighted by Gasteiger charge is -2.11. The minimum Gasteiger partial charge on any atom is -0.461 e. The van der Waals surface area contributed by atoms with E-state index in [1.165, 1.54) is 6.07 Å². The second-order valence-corrected chi connectivity index (χ2v) is 3.65. The summed E-state index contributed by atoms with van der Waals surface area (Å²) in [6.45, 7) is 4.82. The van der Waals surface area contributed by atoms with Crippen LogP contribution in [0.4, 0.5) is 0 Å². The van der Waals surface area contributed by atoms with Crippen LogP contribution in [0.1, 0.15) is 13.8 Å². The highest BCUT2D eigenvalue weighted by molar-refractivity contribution is 6.33. The van der Waals surface area contributed by atoms with E-state index in [1.807, 2.05) is 13.8 Å². The number of nitrogens with zero attached hydrogens (tertiary/aromatic N) is 2. The lowest BCUT2D eigenvalue weighted by Crippen LogP contribution is -2.18. The van der Waals surface area contributed by atoms with E-state index in [2.05, 4.69) is 9.97 Å². The molecule has 0 amide bonds. The molecule has 0 aliphatic heterocycles. The van der Waals surface area contributed by atoms with Gasteiger partial charge in [-0.2, -0.15) is 9.97 Å². The van der Waals surface area contributed by atoms with Crippen LogP contribution in [0, 0.1) is 0 Å². The van der Waals surface area contributed by atoms with Gasteiger partial charge in [0.2, 0.25) is 0 Å². The first-order chi connectivity index (χ1) is 7.11. The van der Waals surface area contributed by atoms with Crippen molar-refractivity contribution < 1.29 is 9.47 Å². The molecule has 0 saturated heterocycles. The molecule has 84 valence electrons. The third-order valence-corrected chi connectivity index (χ3v) is 1.93. The summed E-state index contributed by atoms with van der Waals surface area (Å²) in [7, 11) is 0.